The maximum Gasteiger partial charge on any atom is 0.122 e. The third kappa shape index (κ3) is 4.02. The molecule has 2 nitrogen and oxygen atoms in total. The lowest BCUT2D eigenvalue weighted by atomic mass is 10.0. The molecule has 0 aliphatic rings. The van der Waals surface area contributed by atoms with Gasteiger partial charge in [0.25, 0.3) is 0 Å². The van der Waals surface area contributed by atoms with Crippen LogP contribution in [0.4, 0.5) is 0 Å². The molecule has 100 valence electrons. The minimum Gasteiger partial charge on any atom is -0.508 e. The first kappa shape index (κ1) is 13.5. The molecule has 0 bridgehead atoms. The van der Waals surface area contributed by atoms with Crippen LogP contribution in [-0.2, 0) is 6.42 Å². The summed E-state index contributed by atoms with van der Waals surface area (Å²) in [5.41, 5.74) is 2.34. The molecule has 0 spiro atoms. The van der Waals surface area contributed by atoms with Crippen molar-refractivity contribution in [3.05, 3.63) is 59.7 Å². The second-order valence-electron chi connectivity index (χ2n) is 5.16. The van der Waals surface area contributed by atoms with Gasteiger partial charge in [-0.25, -0.2) is 0 Å². The van der Waals surface area contributed by atoms with Gasteiger partial charge in [-0.05, 0) is 35.2 Å². The molecule has 0 heterocycles. The van der Waals surface area contributed by atoms with Gasteiger partial charge in [-0.3, -0.25) is 0 Å². The first-order valence-electron chi connectivity index (χ1n) is 6.64. The van der Waals surface area contributed by atoms with Gasteiger partial charge < -0.3 is 9.84 Å². The normalized spacial score (nSPS) is 10.7. The molecule has 0 unspecified atom stereocenters. The van der Waals surface area contributed by atoms with E-state index in [2.05, 4.69) is 19.9 Å². The maximum atomic E-state index is 9.30. The van der Waals surface area contributed by atoms with E-state index in [0.29, 0.717) is 11.7 Å². The molecular formula is C17H20O2. The predicted octanol–water partition coefficient (Wildman–Crippen LogP) is 4.02. The molecule has 0 saturated heterocycles. The van der Waals surface area contributed by atoms with E-state index < -0.39 is 0 Å². The number of hydrogen-bond donors (Lipinski definition) is 1. The standard InChI is InChI=1S/C17H20O2/c1-13(2)12-19-17-6-4-3-5-15(17)11-14-7-9-16(18)10-8-14/h3-10,13,18H,11-12H2,1-2H3. The van der Waals surface area contributed by atoms with E-state index in [1.54, 1.807) is 12.1 Å². The van der Waals surface area contributed by atoms with E-state index in [1.807, 2.05) is 30.3 Å². The largest absolute Gasteiger partial charge is 0.508 e. The molecule has 0 atom stereocenters. The van der Waals surface area contributed by atoms with Gasteiger partial charge in [0.1, 0.15) is 11.5 Å². The topological polar surface area (TPSA) is 29.5 Å². The Morgan fingerprint density at radius 1 is 1.00 bits per heavy atom. The number of hydrogen-bond acceptors (Lipinski definition) is 2. The number of benzene rings is 2. The predicted molar refractivity (Wildman–Crippen MR) is 77.7 cm³/mol. The van der Waals surface area contributed by atoms with Crippen molar-refractivity contribution in [1.82, 2.24) is 0 Å². The minimum atomic E-state index is 0.299. The van der Waals surface area contributed by atoms with Gasteiger partial charge in [-0.15, -0.1) is 0 Å². The summed E-state index contributed by atoms with van der Waals surface area (Å²) in [5.74, 6) is 1.76. The third-order valence-electron chi connectivity index (χ3n) is 2.88. The van der Waals surface area contributed by atoms with Crippen LogP contribution in [0.1, 0.15) is 25.0 Å². The highest BCUT2D eigenvalue weighted by atomic mass is 16.5. The first-order valence-corrected chi connectivity index (χ1v) is 6.64. The Labute approximate surface area is 114 Å². The number of para-hydroxylation sites is 1. The van der Waals surface area contributed by atoms with E-state index in [9.17, 15) is 5.11 Å². The molecule has 2 rings (SSSR count). The number of phenols is 1. The molecule has 19 heavy (non-hydrogen) atoms. The monoisotopic (exact) mass is 256 g/mol. The van der Waals surface area contributed by atoms with Crippen molar-refractivity contribution in [2.24, 2.45) is 5.92 Å². The molecule has 2 aromatic rings. The minimum absolute atomic E-state index is 0.299. The van der Waals surface area contributed by atoms with Gasteiger partial charge in [0, 0.05) is 6.42 Å². The lowest BCUT2D eigenvalue weighted by Crippen LogP contribution is -2.06. The Bertz CT molecular complexity index is 515. The zero-order valence-electron chi connectivity index (χ0n) is 11.5. The van der Waals surface area contributed by atoms with Crippen LogP contribution >= 0.6 is 0 Å². The number of ether oxygens (including phenoxy) is 1. The lowest BCUT2D eigenvalue weighted by Gasteiger charge is -2.13. The summed E-state index contributed by atoms with van der Waals surface area (Å²) < 4.78 is 5.85. The summed E-state index contributed by atoms with van der Waals surface area (Å²) >= 11 is 0. The van der Waals surface area contributed by atoms with Crippen LogP contribution in [0.2, 0.25) is 0 Å². The van der Waals surface area contributed by atoms with Gasteiger partial charge in [0.05, 0.1) is 6.61 Å². The Kier molecular flexibility index (Phi) is 4.45. The second-order valence-corrected chi connectivity index (χ2v) is 5.16. The van der Waals surface area contributed by atoms with Crippen LogP contribution in [0.3, 0.4) is 0 Å². The van der Waals surface area contributed by atoms with Gasteiger partial charge in [-0.2, -0.15) is 0 Å². The van der Waals surface area contributed by atoms with Crippen LogP contribution in [0.25, 0.3) is 0 Å². The van der Waals surface area contributed by atoms with Crippen molar-refractivity contribution in [2.75, 3.05) is 6.61 Å². The van der Waals surface area contributed by atoms with Gasteiger partial charge in [0.15, 0.2) is 0 Å². The smallest absolute Gasteiger partial charge is 0.122 e. The first-order chi connectivity index (χ1) is 9.15. The zero-order chi connectivity index (χ0) is 13.7. The fourth-order valence-corrected chi connectivity index (χ4v) is 1.88. The summed E-state index contributed by atoms with van der Waals surface area (Å²) in [6.45, 7) is 5.01. The fraction of sp³-hybridized carbons (Fsp3) is 0.294. The van der Waals surface area contributed by atoms with Crippen molar-refractivity contribution in [1.29, 1.82) is 0 Å². The molecule has 0 fully saturated rings. The molecular weight excluding hydrogens is 236 g/mol. The van der Waals surface area contributed by atoms with Gasteiger partial charge in [0.2, 0.25) is 0 Å². The quantitative estimate of drug-likeness (QED) is 0.875. The molecule has 0 aliphatic carbocycles. The molecule has 1 N–H and O–H groups in total. The van der Waals surface area contributed by atoms with Crippen molar-refractivity contribution >= 4 is 0 Å². The van der Waals surface area contributed by atoms with Crippen molar-refractivity contribution in [2.45, 2.75) is 20.3 Å². The third-order valence-corrected chi connectivity index (χ3v) is 2.88. The van der Waals surface area contributed by atoms with Crippen molar-refractivity contribution in [3.63, 3.8) is 0 Å². The fourth-order valence-electron chi connectivity index (χ4n) is 1.88. The average Bonchev–Trinajstić information content (AvgIpc) is 2.40. The van der Waals surface area contributed by atoms with E-state index >= 15 is 0 Å². The zero-order valence-corrected chi connectivity index (χ0v) is 11.5. The Balaban J connectivity index is 2.13. The second kappa shape index (κ2) is 6.28. The summed E-state index contributed by atoms with van der Waals surface area (Å²) in [5, 5.41) is 9.30. The van der Waals surface area contributed by atoms with Crippen LogP contribution in [0, 0.1) is 5.92 Å². The molecule has 0 radical (unpaired) electrons. The Hall–Kier alpha value is -1.96. The highest BCUT2D eigenvalue weighted by molar-refractivity contribution is 5.38. The molecule has 2 heteroatoms. The molecule has 0 aliphatic heterocycles. The maximum absolute atomic E-state index is 9.30. The van der Waals surface area contributed by atoms with Crippen LogP contribution in [-0.4, -0.2) is 11.7 Å². The highest BCUT2D eigenvalue weighted by Crippen LogP contribution is 2.22. The van der Waals surface area contributed by atoms with Crippen LogP contribution < -0.4 is 4.74 Å². The van der Waals surface area contributed by atoms with E-state index in [0.717, 1.165) is 18.8 Å². The number of rotatable bonds is 5. The van der Waals surface area contributed by atoms with E-state index in [4.69, 9.17) is 4.74 Å². The van der Waals surface area contributed by atoms with E-state index in [-0.39, 0.29) is 0 Å². The number of aromatic hydroxyl groups is 1. The number of phenolic OH excluding ortho intramolecular Hbond substituents is 1. The average molecular weight is 256 g/mol. The Morgan fingerprint density at radius 2 is 1.68 bits per heavy atom. The van der Waals surface area contributed by atoms with Crippen LogP contribution in [0.5, 0.6) is 11.5 Å². The summed E-state index contributed by atoms with van der Waals surface area (Å²) in [4.78, 5) is 0. The molecule has 2 aromatic carbocycles. The Morgan fingerprint density at radius 3 is 2.37 bits per heavy atom. The lowest BCUT2D eigenvalue weighted by molar-refractivity contribution is 0.269. The molecule has 0 amide bonds. The highest BCUT2D eigenvalue weighted by Gasteiger charge is 2.05. The summed E-state index contributed by atoms with van der Waals surface area (Å²) in [7, 11) is 0. The van der Waals surface area contributed by atoms with Crippen molar-refractivity contribution in [3.8, 4) is 11.5 Å². The van der Waals surface area contributed by atoms with E-state index in [1.165, 1.54) is 11.1 Å². The summed E-state index contributed by atoms with van der Waals surface area (Å²) in [6, 6.07) is 15.4. The van der Waals surface area contributed by atoms with Crippen LogP contribution in [0.15, 0.2) is 48.5 Å². The SMILES string of the molecule is CC(C)COc1ccccc1Cc1ccc(O)cc1. The van der Waals surface area contributed by atoms with Gasteiger partial charge in [-0.1, -0.05) is 44.2 Å². The van der Waals surface area contributed by atoms with Crippen molar-refractivity contribution < 1.29 is 9.84 Å². The summed E-state index contributed by atoms with van der Waals surface area (Å²) in [6.07, 6.45) is 0.814. The molecule has 0 aromatic heterocycles. The van der Waals surface area contributed by atoms with Gasteiger partial charge >= 0.3 is 0 Å². The molecule has 0 saturated carbocycles.